The molecule has 0 radical (unpaired) electrons. The van der Waals surface area contributed by atoms with Crippen LogP contribution in [0.15, 0.2) is 121 Å². The van der Waals surface area contributed by atoms with E-state index in [1.165, 1.54) is 0 Å². The maximum atomic E-state index is 11.6. The number of fused-ring (bicyclic) bond motifs is 4. The minimum Gasteiger partial charge on any atom is -0.478 e. The van der Waals surface area contributed by atoms with Gasteiger partial charge in [0.2, 0.25) is 0 Å². The standard InChI is InChI=1S/C36H22O4/c37-35(38)23-13-9-21(10-14-23)33-29-17-25-5-1-2-6-26(25)18-30(29)34(22-11-15-24(16-12-22)36(39)40)32-20-28-8-4-3-7-27(28)19-31(32)33/h1-20H,(H,37,38)(H,39,40). The molecule has 0 bridgehead atoms. The Balaban J connectivity index is 1.69. The lowest BCUT2D eigenvalue weighted by molar-refractivity contribution is 0.0686. The average molecular weight is 519 g/mol. The molecule has 0 aromatic heterocycles. The molecule has 0 aliphatic rings. The summed E-state index contributed by atoms with van der Waals surface area (Å²) < 4.78 is 0. The van der Waals surface area contributed by atoms with Gasteiger partial charge in [-0.1, -0.05) is 72.8 Å². The summed E-state index contributed by atoms with van der Waals surface area (Å²) in [5.74, 6) is -1.92. The van der Waals surface area contributed by atoms with Crippen LogP contribution in [0.5, 0.6) is 0 Å². The van der Waals surface area contributed by atoms with E-state index in [0.29, 0.717) is 0 Å². The second-order valence-electron chi connectivity index (χ2n) is 10.0. The van der Waals surface area contributed by atoms with Crippen LogP contribution >= 0.6 is 0 Å². The van der Waals surface area contributed by atoms with Crippen molar-refractivity contribution in [2.24, 2.45) is 0 Å². The molecule has 2 N–H and O–H groups in total. The van der Waals surface area contributed by atoms with Crippen LogP contribution in [0.2, 0.25) is 0 Å². The zero-order valence-corrected chi connectivity index (χ0v) is 21.3. The molecule has 7 rings (SSSR count). The third-order valence-electron chi connectivity index (χ3n) is 7.69. The molecular weight excluding hydrogens is 496 g/mol. The number of rotatable bonds is 4. The lowest BCUT2D eigenvalue weighted by Gasteiger charge is -2.19. The summed E-state index contributed by atoms with van der Waals surface area (Å²) in [6, 6.07) is 39.4. The molecular formula is C36H22O4. The first-order chi connectivity index (χ1) is 19.5. The van der Waals surface area contributed by atoms with Crippen molar-refractivity contribution in [3.63, 3.8) is 0 Å². The quantitative estimate of drug-likeness (QED) is 0.228. The van der Waals surface area contributed by atoms with E-state index in [-0.39, 0.29) is 11.1 Å². The number of carboxylic acid groups (broad SMARTS) is 2. The van der Waals surface area contributed by atoms with Crippen LogP contribution < -0.4 is 0 Å². The zero-order chi connectivity index (χ0) is 27.4. The van der Waals surface area contributed by atoms with Crippen LogP contribution in [0.1, 0.15) is 20.7 Å². The van der Waals surface area contributed by atoms with Gasteiger partial charge >= 0.3 is 11.9 Å². The Bertz CT molecular complexity index is 1890. The van der Waals surface area contributed by atoms with Crippen molar-refractivity contribution in [3.05, 3.63) is 132 Å². The summed E-state index contributed by atoms with van der Waals surface area (Å²) in [5, 5.41) is 27.6. The van der Waals surface area contributed by atoms with Crippen LogP contribution in [-0.2, 0) is 0 Å². The summed E-state index contributed by atoms with van der Waals surface area (Å²) in [6.45, 7) is 0. The van der Waals surface area contributed by atoms with Gasteiger partial charge in [-0.05, 0) is 114 Å². The fourth-order valence-corrected chi connectivity index (χ4v) is 5.78. The predicted octanol–water partition coefficient (Wildman–Crippen LogP) is 9.03. The van der Waals surface area contributed by atoms with Crippen molar-refractivity contribution in [2.45, 2.75) is 0 Å². The maximum absolute atomic E-state index is 11.6. The van der Waals surface area contributed by atoms with Crippen LogP contribution in [0, 0.1) is 0 Å². The second-order valence-corrected chi connectivity index (χ2v) is 10.0. The van der Waals surface area contributed by atoms with Gasteiger partial charge in [0.25, 0.3) is 0 Å². The van der Waals surface area contributed by atoms with E-state index in [4.69, 9.17) is 0 Å². The van der Waals surface area contributed by atoms with Crippen molar-refractivity contribution in [3.8, 4) is 22.3 Å². The highest BCUT2D eigenvalue weighted by molar-refractivity contribution is 6.25. The third kappa shape index (κ3) is 3.77. The molecule has 0 atom stereocenters. The molecule has 0 saturated heterocycles. The Morgan fingerprint density at radius 3 is 0.925 bits per heavy atom. The Hall–Kier alpha value is -5.48. The van der Waals surface area contributed by atoms with Crippen molar-refractivity contribution in [2.75, 3.05) is 0 Å². The Morgan fingerprint density at radius 2 is 0.675 bits per heavy atom. The predicted molar refractivity (Wildman–Crippen MR) is 161 cm³/mol. The Kier molecular flexibility index (Phi) is 5.36. The fourth-order valence-electron chi connectivity index (χ4n) is 5.78. The summed E-state index contributed by atoms with van der Waals surface area (Å²) in [4.78, 5) is 23.2. The molecule has 0 spiro atoms. The third-order valence-corrected chi connectivity index (χ3v) is 7.69. The van der Waals surface area contributed by atoms with Crippen LogP contribution in [0.25, 0.3) is 65.3 Å². The Labute approximate surface area is 229 Å². The number of carbonyl (C=O) groups is 2. The zero-order valence-electron chi connectivity index (χ0n) is 21.3. The number of hydrogen-bond donors (Lipinski definition) is 2. The fraction of sp³-hybridized carbons (Fsp3) is 0. The summed E-state index contributed by atoms with van der Waals surface area (Å²) >= 11 is 0. The van der Waals surface area contributed by atoms with Gasteiger partial charge in [0.05, 0.1) is 11.1 Å². The normalized spacial score (nSPS) is 11.4. The van der Waals surface area contributed by atoms with Gasteiger partial charge in [-0.15, -0.1) is 0 Å². The van der Waals surface area contributed by atoms with Gasteiger partial charge in [0.15, 0.2) is 0 Å². The molecule has 0 amide bonds. The molecule has 4 nitrogen and oxygen atoms in total. The molecule has 0 unspecified atom stereocenters. The first-order valence-corrected chi connectivity index (χ1v) is 13.0. The number of benzene rings is 7. The highest BCUT2D eigenvalue weighted by Crippen LogP contribution is 2.46. The average Bonchev–Trinajstić information content (AvgIpc) is 2.98. The molecule has 0 heterocycles. The first-order valence-electron chi connectivity index (χ1n) is 13.0. The minimum absolute atomic E-state index is 0.239. The van der Waals surface area contributed by atoms with E-state index in [1.54, 1.807) is 24.3 Å². The van der Waals surface area contributed by atoms with E-state index in [2.05, 4.69) is 48.5 Å². The summed E-state index contributed by atoms with van der Waals surface area (Å²) in [7, 11) is 0. The molecule has 0 saturated carbocycles. The maximum Gasteiger partial charge on any atom is 0.335 e. The summed E-state index contributed by atoms with van der Waals surface area (Å²) in [6.07, 6.45) is 0. The molecule has 0 fully saturated rings. The van der Waals surface area contributed by atoms with Gasteiger partial charge in [0.1, 0.15) is 0 Å². The molecule has 0 aliphatic heterocycles. The van der Waals surface area contributed by atoms with Gasteiger partial charge in [-0.25, -0.2) is 9.59 Å². The van der Waals surface area contributed by atoms with E-state index < -0.39 is 11.9 Å². The van der Waals surface area contributed by atoms with Crippen LogP contribution in [0.3, 0.4) is 0 Å². The van der Waals surface area contributed by atoms with E-state index in [0.717, 1.165) is 65.3 Å². The first kappa shape index (κ1) is 23.6. The molecule has 7 aromatic rings. The lowest BCUT2D eigenvalue weighted by atomic mass is 9.83. The SMILES string of the molecule is O=C(O)c1ccc(-c2c3cc4ccccc4cc3c(-c3ccc(C(=O)O)cc3)c3cc4ccccc4cc23)cc1. The van der Waals surface area contributed by atoms with Crippen LogP contribution in [-0.4, -0.2) is 22.2 Å². The van der Waals surface area contributed by atoms with Gasteiger partial charge < -0.3 is 10.2 Å². The monoisotopic (exact) mass is 518 g/mol. The van der Waals surface area contributed by atoms with Crippen molar-refractivity contribution >= 4 is 55.0 Å². The van der Waals surface area contributed by atoms with Gasteiger partial charge in [0, 0.05) is 0 Å². The van der Waals surface area contributed by atoms with Crippen molar-refractivity contribution in [1.29, 1.82) is 0 Å². The number of aromatic carboxylic acids is 2. The number of carboxylic acids is 2. The molecule has 0 aliphatic carbocycles. The van der Waals surface area contributed by atoms with Crippen molar-refractivity contribution in [1.82, 2.24) is 0 Å². The largest absolute Gasteiger partial charge is 0.478 e. The van der Waals surface area contributed by atoms with Gasteiger partial charge in [-0.3, -0.25) is 0 Å². The van der Waals surface area contributed by atoms with E-state index in [1.807, 2.05) is 48.5 Å². The van der Waals surface area contributed by atoms with Crippen molar-refractivity contribution < 1.29 is 19.8 Å². The second kappa shape index (κ2) is 9.07. The molecule has 7 aromatic carbocycles. The smallest absolute Gasteiger partial charge is 0.335 e. The van der Waals surface area contributed by atoms with Crippen LogP contribution in [0.4, 0.5) is 0 Å². The minimum atomic E-state index is -0.960. The summed E-state index contributed by atoms with van der Waals surface area (Å²) in [5.41, 5.74) is 4.40. The highest BCUT2D eigenvalue weighted by Gasteiger charge is 2.19. The topological polar surface area (TPSA) is 74.6 Å². The lowest BCUT2D eigenvalue weighted by Crippen LogP contribution is -1.97. The highest BCUT2D eigenvalue weighted by atomic mass is 16.4. The molecule has 40 heavy (non-hydrogen) atoms. The van der Waals surface area contributed by atoms with Gasteiger partial charge in [-0.2, -0.15) is 0 Å². The van der Waals surface area contributed by atoms with E-state index >= 15 is 0 Å². The Morgan fingerprint density at radius 1 is 0.400 bits per heavy atom. The van der Waals surface area contributed by atoms with E-state index in [9.17, 15) is 19.8 Å². The molecule has 4 heteroatoms. The molecule has 190 valence electrons. The number of hydrogen-bond acceptors (Lipinski definition) is 2.